The van der Waals surface area contributed by atoms with Crippen LogP contribution in [0, 0.1) is 11.0 Å². The van der Waals surface area contributed by atoms with E-state index in [1.165, 1.54) is 36.4 Å². The fourth-order valence-electron chi connectivity index (χ4n) is 1.52. The summed E-state index contributed by atoms with van der Waals surface area (Å²) in [7, 11) is 0. The molecular formula is C14H12FNO4. The number of benzene rings is 1. The fraction of sp³-hybridized carbons (Fsp3) is 0.143. The van der Waals surface area contributed by atoms with Crippen molar-refractivity contribution >= 4 is 5.97 Å². The number of aromatic nitrogens is 1. The van der Waals surface area contributed by atoms with Crippen LogP contribution in [0.25, 0.3) is 0 Å². The number of pyridine rings is 1. The molecule has 20 heavy (non-hydrogen) atoms. The maximum atomic E-state index is 12.7. The third-order valence-corrected chi connectivity index (χ3v) is 2.42. The molecule has 0 N–H and O–H groups in total. The molecule has 0 radical (unpaired) electrons. The normalized spacial score (nSPS) is 10.1. The number of hydrogen-bond donors (Lipinski definition) is 0. The highest BCUT2D eigenvalue weighted by Crippen LogP contribution is 2.20. The van der Waals surface area contributed by atoms with Gasteiger partial charge in [-0.1, -0.05) is 0 Å². The van der Waals surface area contributed by atoms with E-state index in [1.807, 2.05) is 0 Å². The zero-order valence-electron chi connectivity index (χ0n) is 10.7. The van der Waals surface area contributed by atoms with E-state index in [0.29, 0.717) is 10.5 Å². The van der Waals surface area contributed by atoms with Crippen molar-refractivity contribution in [3.05, 3.63) is 59.3 Å². The molecule has 1 heterocycles. The topological polar surface area (TPSA) is 62.5 Å². The second-order valence-corrected chi connectivity index (χ2v) is 3.85. The Bertz CT molecular complexity index is 613. The van der Waals surface area contributed by atoms with Gasteiger partial charge in [-0.15, -0.1) is 0 Å². The van der Waals surface area contributed by atoms with Crippen LogP contribution in [0.15, 0.2) is 42.6 Å². The van der Waals surface area contributed by atoms with Gasteiger partial charge in [0.05, 0.1) is 6.61 Å². The summed E-state index contributed by atoms with van der Waals surface area (Å²) in [5.41, 5.74) is -0.127. The molecule has 0 aliphatic heterocycles. The van der Waals surface area contributed by atoms with Crippen LogP contribution in [0.5, 0.6) is 11.5 Å². The van der Waals surface area contributed by atoms with Crippen molar-refractivity contribution in [3.8, 4) is 11.5 Å². The third kappa shape index (κ3) is 3.23. The minimum atomic E-state index is -0.698. The van der Waals surface area contributed by atoms with Gasteiger partial charge in [-0.3, -0.25) is 0 Å². The molecule has 2 rings (SSSR count). The van der Waals surface area contributed by atoms with Crippen molar-refractivity contribution in [1.29, 1.82) is 0 Å². The molecule has 0 aliphatic rings. The molecular weight excluding hydrogens is 265 g/mol. The largest absolute Gasteiger partial charge is 0.618 e. The van der Waals surface area contributed by atoms with E-state index in [0.717, 1.165) is 6.20 Å². The Morgan fingerprint density at radius 3 is 2.45 bits per heavy atom. The standard InChI is InChI=1S/C14H12FNO4/c1-2-19-14(17)13-8-7-12(9-16(13)18)20-11-5-3-10(15)4-6-11/h3-9H,2H2,1H3. The SMILES string of the molecule is CCOC(=O)c1ccc(Oc2ccc(F)cc2)c[n+]1[O-]. The summed E-state index contributed by atoms with van der Waals surface area (Å²) in [5.74, 6) is -0.459. The Hall–Kier alpha value is -2.63. The lowest BCUT2D eigenvalue weighted by Crippen LogP contribution is -2.34. The van der Waals surface area contributed by atoms with Crippen LogP contribution >= 0.6 is 0 Å². The molecule has 2 aromatic rings. The summed E-state index contributed by atoms with van der Waals surface area (Å²) in [5, 5.41) is 11.7. The van der Waals surface area contributed by atoms with Crippen molar-refractivity contribution in [2.24, 2.45) is 0 Å². The van der Waals surface area contributed by atoms with Gasteiger partial charge in [0.25, 0.3) is 0 Å². The zero-order chi connectivity index (χ0) is 14.5. The molecule has 0 fully saturated rings. The number of nitrogens with zero attached hydrogens (tertiary/aromatic N) is 1. The molecule has 6 heteroatoms. The highest BCUT2D eigenvalue weighted by molar-refractivity contribution is 5.85. The zero-order valence-corrected chi connectivity index (χ0v) is 10.7. The molecule has 0 spiro atoms. The molecule has 1 aromatic heterocycles. The van der Waals surface area contributed by atoms with Crippen LogP contribution < -0.4 is 9.47 Å². The van der Waals surface area contributed by atoms with Gasteiger partial charge >= 0.3 is 11.7 Å². The number of carbonyl (C=O) groups excluding carboxylic acids is 1. The quantitative estimate of drug-likeness (QED) is 0.489. The van der Waals surface area contributed by atoms with Crippen LogP contribution in [-0.2, 0) is 4.74 Å². The summed E-state index contributed by atoms with van der Waals surface area (Å²) in [6.07, 6.45) is 1.11. The first-order valence-corrected chi connectivity index (χ1v) is 5.94. The number of carbonyl (C=O) groups is 1. The molecule has 0 amide bonds. The van der Waals surface area contributed by atoms with Crippen LogP contribution in [0.2, 0.25) is 0 Å². The number of ether oxygens (including phenoxy) is 2. The summed E-state index contributed by atoms with van der Waals surface area (Å²) in [6, 6.07) is 8.13. The summed E-state index contributed by atoms with van der Waals surface area (Å²) in [4.78, 5) is 11.4. The van der Waals surface area contributed by atoms with E-state index in [1.54, 1.807) is 6.92 Å². The molecule has 0 saturated heterocycles. The number of hydrogen-bond acceptors (Lipinski definition) is 4. The monoisotopic (exact) mass is 277 g/mol. The first-order chi connectivity index (χ1) is 9.60. The molecule has 1 aromatic carbocycles. The van der Waals surface area contributed by atoms with E-state index >= 15 is 0 Å². The summed E-state index contributed by atoms with van der Waals surface area (Å²) >= 11 is 0. The number of halogens is 1. The van der Waals surface area contributed by atoms with Gasteiger partial charge in [0.1, 0.15) is 11.6 Å². The second-order valence-electron chi connectivity index (χ2n) is 3.85. The van der Waals surface area contributed by atoms with E-state index in [9.17, 15) is 14.4 Å². The maximum Gasteiger partial charge on any atom is 0.405 e. The van der Waals surface area contributed by atoms with Crippen molar-refractivity contribution in [2.75, 3.05) is 6.61 Å². The lowest BCUT2D eigenvalue weighted by atomic mass is 10.3. The Morgan fingerprint density at radius 2 is 1.85 bits per heavy atom. The Labute approximate surface area is 114 Å². The minimum Gasteiger partial charge on any atom is -0.618 e. The minimum absolute atomic E-state index is 0.127. The van der Waals surface area contributed by atoms with Crippen molar-refractivity contribution in [2.45, 2.75) is 6.92 Å². The van der Waals surface area contributed by atoms with Crippen molar-refractivity contribution < 1.29 is 23.4 Å². The average molecular weight is 277 g/mol. The molecule has 0 bridgehead atoms. The van der Waals surface area contributed by atoms with Crippen molar-refractivity contribution in [3.63, 3.8) is 0 Å². The summed E-state index contributed by atoms with van der Waals surface area (Å²) < 4.78 is 23.2. The lowest BCUT2D eigenvalue weighted by molar-refractivity contribution is -0.608. The fourth-order valence-corrected chi connectivity index (χ4v) is 1.52. The van der Waals surface area contributed by atoms with Crippen molar-refractivity contribution in [1.82, 2.24) is 0 Å². The van der Waals surface area contributed by atoms with E-state index in [-0.39, 0.29) is 23.9 Å². The predicted molar refractivity (Wildman–Crippen MR) is 67.8 cm³/mol. The third-order valence-electron chi connectivity index (χ3n) is 2.42. The highest BCUT2D eigenvalue weighted by Gasteiger charge is 2.18. The second kappa shape index (κ2) is 6.01. The first kappa shape index (κ1) is 13.8. The van der Waals surface area contributed by atoms with E-state index < -0.39 is 5.97 Å². The molecule has 104 valence electrons. The Kier molecular flexibility index (Phi) is 4.14. The van der Waals surface area contributed by atoms with Crippen LogP contribution in [0.3, 0.4) is 0 Å². The summed E-state index contributed by atoms with van der Waals surface area (Å²) in [6.45, 7) is 1.84. The first-order valence-electron chi connectivity index (χ1n) is 5.94. The van der Waals surface area contributed by atoms with Gasteiger partial charge in [0.2, 0.25) is 6.20 Å². The van der Waals surface area contributed by atoms with Gasteiger partial charge in [-0.2, -0.15) is 4.73 Å². The van der Waals surface area contributed by atoms with E-state index in [4.69, 9.17) is 9.47 Å². The molecule has 0 unspecified atom stereocenters. The molecule has 0 aliphatic carbocycles. The van der Waals surface area contributed by atoms with E-state index in [2.05, 4.69) is 0 Å². The molecule has 5 nitrogen and oxygen atoms in total. The lowest BCUT2D eigenvalue weighted by Gasteiger charge is -2.07. The maximum absolute atomic E-state index is 12.7. The molecule has 0 atom stereocenters. The molecule has 0 saturated carbocycles. The van der Waals surface area contributed by atoms with Crippen LogP contribution in [0.4, 0.5) is 4.39 Å². The smallest absolute Gasteiger partial charge is 0.405 e. The van der Waals surface area contributed by atoms with Gasteiger partial charge < -0.3 is 14.7 Å². The van der Waals surface area contributed by atoms with Gasteiger partial charge in [0, 0.05) is 6.07 Å². The van der Waals surface area contributed by atoms with Crippen LogP contribution in [-0.4, -0.2) is 12.6 Å². The number of rotatable bonds is 4. The highest BCUT2D eigenvalue weighted by atomic mass is 19.1. The Morgan fingerprint density at radius 1 is 1.20 bits per heavy atom. The Balaban J connectivity index is 2.16. The number of esters is 1. The van der Waals surface area contributed by atoms with Crippen LogP contribution in [0.1, 0.15) is 17.4 Å². The average Bonchev–Trinajstić information content (AvgIpc) is 2.42. The van der Waals surface area contributed by atoms with Gasteiger partial charge in [-0.25, -0.2) is 9.18 Å². The van der Waals surface area contributed by atoms with Gasteiger partial charge in [0.15, 0.2) is 5.75 Å². The predicted octanol–water partition coefficient (Wildman–Crippen LogP) is 2.43. The van der Waals surface area contributed by atoms with Gasteiger partial charge in [-0.05, 0) is 37.3 Å².